The van der Waals surface area contributed by atoms with Crippen LogP contribution in [0.4, 0.5) is 10.1 Å². The zero-order chi connectivity index (χ0) is 35.8. The molecule has 6 aromatic rings. The molecule has 5 heterocycles. The number of anilines is 1. The number of imidazole rings is 1. The van der Waals surface area contributed by atoms with Gasteiger partial charge in [-0.2, -0.15) is 0 Å². The molecule has 2 fully saturated rings. The second kappa shape index (κ2) is 14.2. The Morgan fingerprint density at radius 2 is 1.92 bits per heavy atom. The summed E-state index contributed by atoms with van der Waals surface area (Å²) in [5, 5.41) is 2.82. The maximum atomic E-state index is 14.2. The molecule has 3 aromatic heterocycles. The maximum absolute atomic E-state index is 14.2. The van der Waals surface area contributed by atoms with Crippen molar-refractivity contribution in [1.82, 2.24) is 29.4 Å². The van der Waals surface area contributed by atoms with Crippen molar-refractivity contribution < 1.29 is 18.7 Å². The second-order valence-electron chi connectivity index (χ2n) is 13.3. The normalized spacial score (nSPS) is 18.1. The van der Waals surface area contributed by atoms with Crippen molar-refractivity contribution in [3.05, 3.63) is 123 Å². The maximum Gasteiger partial charge on any atom is 0.266 e. The number of likely N-dealkylation sites (tertiary alicyclic amines) is 1. The predicted octanol–water partition coefficient (Wildman–Crippen LogP) is 5.96. The summed E-state index contributed by atoms with van der Waals surface area (Å²) in [7, 11) is 3.85. The van der Waals surface area contributed by atoms with Crippen molar-refractivity contribution in [2.24, 2.45) is 0 Å². The second-order valence-corrected chi connectivity index (χ2v) is 14.7. The van der Waals surface area contributed by atoms with E-state index in [4.69, 9.17) is 31.0 Å². The molecule has 0 bridgehead atoms. The molecule has 0 saturated carbocycles. The van der Waals surface area contributed by atoms with Crippen molar-refractivity contribution in [3.8, 4) is 5.88 Å². The summed E-state index contributed by atoms with van der Waals surface area (Å²) >= 11 is 5.88. The number of aromatic amines is 1. The monoisotopic (exact) mass is 734 g/mol. The largest absolute Gasteiger partial charge is 0.473 e. The fourth-order valence-electron chi connectivity index (χ4n) is 6.78. The number of nitrogens with one attached hydrogen (secondary N) is 2. The molecule has 0 unspecified atom stereocenters. The summed E-state index contributed by atoms with van der Waals surface area (Å²) < 4.78 is 28.2. The van der Waals surface area contributed by atoms with Gasteiger partial charge in [0.05, 0.1) is 50.3 Å². The highest BCUT2D eigenvalue weighted by molar-refractivity contribution is 6.30. The highest BCUT2D eigenvalue weighted by atomic mass is 35.5. The van der Waals surface area contributed by atoms with E-state index in [9.17, 15) is 14.0 Å². The molecule has 2 saturated heterocycles. The number of piperidine rings is 1. The molecule has 52 heavy (non-hydrogen) atoms. The van der Waals surface area contributed by atoms with Gasteiger partial charge in [0.15, 0.2) is 0 Å². The number of H-pyrrole nitrogens is 1. The van der Waals surface area contributed by atoms with E-state index < -0.39 is 11.0 Å². The van der Waals surface area contributed by atoms with Gasteiger partial charge in [-0.05, 0) is 86.9 Å². The number of halogens is 2. The van der Waals surface area contributed by atoms with Gasteiger partial charge < -0.3 is 24.3 Å². The number of fused-ring (bicyclic) bond motifs is 2. The van der Waals surface area contributed by atoms with E-state index >= 15 is 0 Å². The molecule has 1 atom stereocenters. The summed E-state index contributed by atoms with van der Waals surface area (Å²) in [6, 6.07) is 21.0. The number of carbonyl (C=O) groups is 1. The highest BCUT2D eigenvalue weighted by Crippen LogP contribution is 2.32. The molecule has 2 aliphatic heterocycles. The molecule has 0 spiro atoms. The van der Waals surface area contributed by atoms with E-state index in [0.29, 0.717) is 58.4 Å². The first-order chi connectivity index (χ1) is 25.2. The zero-order valence-corrected chi connectivity index (χ0v) is 29.8. The van der Waals surface area contributed by atoms with E-state index in [1.54, 1.807) is 42.5 Å². The van der Waals surface area contributed by atoms with Gasteiger partial charge in [-0.1, -0.05) is 23.7 Å². The van der Waals surface area contributed by atoms with Gasteiger partial charge in [-0.3, -0.25) is 14.5 Å². The number of carbonyl (C=O) groups excluding carboxylic acids is 1. The topological polar surface area (TPSA) is 127 Å². The highest BCUT2D eigenvalue weighted by Gasteiger charge is 2.35. The average molecular weight is 735 g/mol. The van der Waals surface area contributed by atoms with Gasteiger partial charge in [-0.25, -0.2) is 19.3 Å². The van der Waals surface area contributed by atoms with Crippen LogP contribution in [0, 0.1) is 5.82 Å². The van der Waals surface area contributed by atoms with E-state index in [1.165, 1.54) is 12.3 Å². The first kappa shape index (κ1) is 34.1. The molecule has 0 aliphatic carbocycles. The number of benzene rings is 3. The van der Waals surface area contributed by atoms with Crippen LogP contribution in [0.1, 0.15) is 52.6 Å². The molecular weight excluding hydrogens is 701 g/mol. The molecular formula is C38H34ClFN7O4Si. The predicted molar refractivity (Wildman–Crippen MR) is 196 cm³/mol. The van der Waals surface area contributed by atoms with Gasteiger partial charge in [0.1, 0.15) is 18.2 Å². The van der Waals surface area contributed by atoms with Crippen molar-refractivity contribution in [1.29, 1.82) is 0 Å². The number of pyridine rings is 1. The number of hydrogen-bond acceptors (Lipinski definition) is 8. The van der Waals surface area contributed by atoms with Crippen molar-refractivity contribution >= 4 is 55.5 Å². The molecule has 3 radical (unpaired) electrons. The minimum Gasteiger partial charge on any atom is -0.473 e. The first-order valence-corrected chi connectivity index (χ1v) is 18.0. The van der Waals surface area contributed by atoms with Gasteiger partial charge in [-0.15, -0.1) is 0 Å². The lowest BCUT2D eigenvalue weighted by Crippen LogP contribution is -2.48. The van der Waals surface area contributed by atoms with Crippen LogP contribution in [-0.4, -0.2) is 70.5 Å². The zero-order valence-electron chi connectivity index (χ0n) is 28.1. The third kappa shape index (κ3) is 7.35. The third-order valence-electron chi connectivity index (χ3n) is 9.73. The van der Waals surface area contributed by atoms with Crippen LogP contribution in [0.15, 0.2) is 83.8 Å². The molecule has 2 N–H and O–H groups in total. The quantitative estimate of drug-likeness (QED) is 0.165. The Morgan fingerprint density at radius 3 is 2.71 bits per heavy atom. The number of nitrogens with zero attached hydrogens (tertiary/aromatic N) is 5. The molecule has 8 rings (SSSR count). The smallest absolute Gasteiger partial charge is 0.266 e. The summed E-state index contributed by atoms with van der Waals surface area (Å²) in [6.07, 6.45) is 3.93. The van der Waals surface area contributed by atoms with Crippen molar-refractivity contribution in [2.45, 2.75) is 50.1 Å². The van der Waals surface area contributed by atoms with Crippen LogP contribution in [-0.2, 0) is 24.4 Å². The number of hydrogen-bond donors (Lipinski definition) is 2. The molecule has 1 amide bonds. The Labute approximate surface area is 306 Å². The van der Waals surface area contributed by atoms with Crippen LogP contribution in [0.25, 0.3) is 22.1 Å². The summed E-state index contributed by atoms with van der Waals surface area (Å²) in [6.45, 7) is 3.70. The minimum absolute atomic E-state index is 0.0673. The lowest BCUT2D eigenvalue weighted by molar-refractivity contribution is -0.0947. The standard InChI is InChI=1S/C38H34ClFN7O4Si/c39-26-6-4-25(28(40)17-26)21-50-36-3-1-2-29(45-36)23-10-13-46(14-11-23)20-34-43-32-16-24(5-9-33(32)47(34)22-38(52)12-15-51-38)37(49)42-27-7-8-30-31(18-27)41-19-35(48)44-30/h1-9,16-19,23H,10-15,20-22H2,(H,42,49)(H,44,48)/t38-/m1/s1. The fourth-order valence-corrected chi connectivity index (χ4v) is 7.30. The van der Waals surface area contributed by atoms with Crippen LogP contribution in [0.3, 0.4) is 0 Å². The van der Waals surface area contributed by atoms with E-state index in [1.807, 2.05) is 24.3 Å². The van der Waals surface area contributed by atoms with Crippen molar-refractivity contribution in [3.63, 3.8) is 0 Å². The Morgan fingerprint density at radius 1 is 1.08 bits per heavy atom. The molecule has 11 nitrogen and oxygen atoms in total. The van der Waals surface area contributed by atoms with E-state index in [-0.39, 0.29) is 24.0 Å². The van der Waals surface area contributed by atoms with E-state index in [2.05, 4.69) is 35.0 Å². The fraction of sp³-hybridized carbons (Fsp3) is 0.289. The molecule has 2 aliphatic rings. The molecule has 3 aromatic carbocycles. The van der Waals surface area contributed by atoms with Crippen molar-refractivity contribution in [2.75, 3.05) is 25.0 Å². The third-order valence-corrected chi connectivity index (χ3v) is 10.5. The average Bonchev–Trinajstić information content (AvgIpc) is 3.46. The lowest BCUT2D eigenvalue weighted by Gasteiger charge is -2.39. The van der Waals surface area contributed by atoms with Gasteiger partial charge in [0.2, 0.25) is 5.88 Å². The van der Waals surface area contributed by atoms with Crippen LogP contribution < -0.4 is 15.6 Å². The van der Waals surface area contributed by atoms with Crippen LogP contribution in [0.2, 0.25) is 5.02 Å². The number of rotatable bonds is 10. The Kier molecular flexibility index (Phi) is 9.34. The first-order valence-electron chi connectivity index (χ1n) is 17.1. The van der Waals surface area contributed by atoms with Crippen LogP contribution in [0.5, 0.6) is 5.88 Å². The Hall–Kier alpha value is -4.95. The minimum atomic E-state index is -0.460. The number of amides is 1. The summed E-state index contributed by atoms with van der Waals surface area (Å²) in [5.41, 5.74) is 4.96. The lowest BCUT2D eigenvalue weighted by atomic mass is 9.93. The molecule has 14 heteroatoms. The van der Waals surface area contributed by atoms with Crippen LogP contribution >= 0.6 is 11.6 Å². The van der Waals surface area contributed by atoms with E-state index in [0.717, 1.165) is 54.9 Å². The molecule has 263 valence electrons. The summed E-state index contributed by atoms with van der Waals surface area (Å²) in [5.74, 6) is 0.948. The van der Waals surface area contributed by atoms with Gasteiger partial charge in [0, 0.05) is 52.7 Å². The summed E-state index contributed by atoms with van der Waals surface area (Å²) in [4.78, 5) is 44.0. The Bertz CT molecular complexity index is 2360. The van der Waals surface area contributed by atoms with Gasteiger partial charge >= 0.3 is 0 Å². The van der Waals surface area contributed by atoms with Gasteiger partial charge in [0.25, 0.3) is 11.5 Å². The SMILES string of the molecule is O=C(Nc1ccc2[nH]c(=O)cnc2c1)c1ccc2c(c1)nc(CN1CCC(c3cccc(OCc4ccc(Cl)cc4F)n3)CC1)n2C[C@]1([Si])CCO1. The Balaban J connectivity index is 0.953. The number of ether oxygens (including phenoxy) is 2. The number of aromatic nitrogens is 5.